The zero-order valence-electron chi connectivity index (χ0n) is 7.20. The highest BCUT2D eigenvalue weighted by molar-refractivity contribution is 5.60. The molecule has 1 aromatic carbocycles. The number of rotatable bonds is 2. The molecule has 0 spiro atoms. The van der Waals surface area contributed by atoms with Crippen molar-refractivity contribution in [2.45, 2.75) is 13.2 Å². The third-order valence-electron chi connectivity index (χ3n) is 1.33. The first kappa shape index (κ1) is 11.9. The molecule has 13 heavy (non-hydrogen) atoms. The van der Waals surface area contributed by atoms with Crippen LogP contribution >= 0.6 is 0 Å². The Labute approximate surface area is 82.9 Å². The van der Waals surface area contributed by atoms with Gasteiger partial charge in [0.15, 0.2) is 6.29 Å². The van der Waals surface area contributed by atoms with Crippen molar-refractivity contribution in [1.29, 1.82) is 0 Å². The molecule has 1 aromatic rings. The van der Waals surface area contributed by atoms with Crippen LogP contribution in [0.1, 0.15) is 6.92 Å². The van der Waals surface area contributed by atoms with Gasteiger partial charge in [0.2, 0.25) is 0 Å². The summed E-state index contributed by atoms with van der Waals surface area (Å²) in [6.45, 7) is 1.51. The van der Waals surface area contributed by atoms with Crippen molar-refractivity contribution in [2.75, 3.05) is 11.5 Å². The molecule has 5 heteroatoms. The van der Waals surface area contributed by atoms with Crippen LogP contribution in [0.25, 0.3) is 0 Å². The van der Waals surface area contributed by atoms with E-state index < -0.39 is 6.29 Å². The van der Waals surface area contributed by atoms with Crippen molar-refractivity contribution in [2.24, 2.45) is 0 Å². The normalized spacial score (nSPS) is 11.5. The number of anilines is 2. The van der Waals surface area contributed by atoms with Crippen LogP contribution in [0.4, 0.5) is 11.4 Å². The lowest BCUT2D eigenvalue weighted by Gasteiger charge is -2.10. The zero-order chi connectivity index (χ0) is 9.14. The van der Waals surface area contributed by atoms with Crippen molar-refractivity contribution in [3.8, 4) is 5.75 Å². The monoisotopic (exact) mass is 203 g/mol. The van der Waals surface area contributed by atoms with Crippen LogP contribution in [0.5, 0.6) is 5.75 Å². The SMILES string of the molecule is CC(O)Oc1ccc(N)cc1N.[Cl-]. The van der Waals surface area contributed by atoms with Crippen molar-refractivity contribution in [3.63, 3.8) is 0 Å². The standard InChI is InChI=1S/C8H12N2O2.ClH/c1-5(11)12-8-3-2-6(9)4-7(8)10;/h2-5,11H,9-10H2,1H3;1H/p-1. The van der Waals surface area contributed by atoms with E-state index in [9.17, 15) is 0 Å². The minimum atomic E-state index is -0.865. The summed E-state index contributed by atoms with van der Waals surface area (Å²) in [6.07, 6.45) is -0.865. The van der Waals surface area contributed by atoms with Crippen LogP contribution in [0.3, 0.4) is 0 Å². The van der Waals surface area contributed by atoms with Crippen molar-refractivity contribution >= 4 is 11.4 Å². The van der Waals surface area contributed by atoms with Crippen molar-refractivity contribution < 1.29 is 22.3 Å². The molecule has 0 heterocycles. The molecule has 0 saturated carbocycles. The smallest absolute Gasteiger partial charge is 0.194 e. The molecule has 0 aliphatic carbocycles. The van der Waals surface area contributed by atoms with E-state index in [1.165, 1.54) is 6.92 Å². The predicted octanol–water partition coefficient (Wildman–Crippen LogP) is -2.43. The number of ether oxygens (including phenoxy) is 1. The highest BCUT2D eigenvalue weighted by Gasteiger charge is 2.02. The van der Waals surface area contributed by atoms with E-state index in [0.29, 0.717) is 17.1 Å². The summed E-state index contributed by atoms with van der Waals surface area (Å²) >= 11 is 0. The first-order valence-corrected chi connectivity index (χ1v) is 3.59. The minimum absolute atomic E-state index is 0. The predicted molar refractivity (Wildman–Crippen MR) is 47.6 cm³/mol. The largest absolute Gasteiger partial charge is 1.00 e. The van der Waals surface area contributed by atoms with Crippen LogP contribution in [0, 0.1) is 0 Å². The molecule has 74 valence electrons. The Morgan fingerprint density at radius 3 is 2.46 bits per heavy atom. The summed E-state index contributed by atoms with van der Waals surface area (Å²) in [6, 6.07) is 4.86. The highest BCUT2D eigenvalue weighted by atomic mass is 35.5. The van der Waals surface area contributed by atoms with Crippen LogP contribution in [0.2, 0.25) is 0 Å². The third kappa shape index (κ3) is 3.40. The van der Waals surface area contributed by atoms with Crippen molar-refractivity contribution in [3.05, 3.63) is 18.2 Å². The van der Waals surface area contributed by atoms with E-state index in [0.717, 1.165) is 0 Å². The quantitative estimate of drug-likeness (QED) is 0.369. The van der Waals surface area contributed by atoms with Crippen LogP contribution in [-0.4, -0.2) is 11.4 Å². The number of nitrogens with two attached hydrogens (primary N) is 2. The second-order valence-electron chi connectivity index (χ2n) is 2.51. The van der Waals surface area contributed by atoms with Gasteiger partial charge in [-0.1, -0.05) is 0 Å². The molecule has 0 amide bonds. The van der Waals surface area contributed by atoms with Gasteiger partial charge in [-0.05, 0) is 25.1 Å². The van der Waals surface area contributed by atoms with Gasteiger partial charge in [-0.3, -0.25) is 0 Å². The molecule has 0 fully saturated rings. The van der Waals surface area contributed by atoms with E-state index >= 15 is 0 Å². The average molecular weight is 204 g/mol. The molecule has 1 unspecified atom stereocenters. The summed E-state index contributed by atoms with van der Waals surface area (Å²) in [4.78, 5) is 0. The molecule has 1 atom stereocenters. The number of aliphatic hydroxyl groups excluding tert-OH is 1. The number of nitrogen functional groups attached to an aromatic ring is 2. The molecule has 0 aliphatic heterocycles. The Bertz CT molecular complexity index is 279. The lowest BCUT2D eigenvalue weighted by molar-refractivity contribution is -0.000623. The first-order chi connectivity index (χ1) is 5.59. The topological polar surface area (TPSA) is 81.5 Å². The second-order valence-corrected chi connectivity index (χ2v) is 2.51. The lowest BCUT2D eigenvalue weighted by Crippen LogP contribution is -3.00. The maximum absolute atomic E-state index is 8.89. The molecule has 5 N–H and O–H groups in total. The van der Waals surface area contributed by atoms with Gasteiger partial charge in [-0.25, -0.2) is 0 Å². The van der Waals surface area contributed by atoms with Gasteiger partial charge in [0, 0.05) is 5.69 Å². The number of aliphatic hydroxyl groups is 1. The molecule has 0 saturated heterocycles. The molecular formula is C8H12ClN2O2-. The fraction of sp³-hybridized carbons (Fsp3) is 0.250. The van der Waals surface area contributed by atoms with Crippen LogP contribution in [0.15, 0.2) is 18.2 Å². The number of hydrogen-bond donors (Lipinski definition) is 3. The molecule has 0 aliphatic rings. The fourth-order valence-corrected chi connectivity index (χ4v) is 0.858. The van der Waals surface area contributed by atoms with E-state index in [1.807, 2.05) is 0 Å². The minimum Gasteiger partial charge on any atom is -1.00 e. The third-order valence-corrected chi connectivity index (χ3v) is 1.33. The Kier molecular flexibility index (Phi) is 4.37. The zero-order valence-corrected chi connectivity index (χ0v) is 7.95. The average Bonchev–Trinajstić information content (AvgIpc) is 1.94. The summed E-state index contributed by atoms with van der Waals surface area (Å²) < 4.78 is 4.97. The number of hydrogen-bond acceptors (Lipinski definition) is 4. The van der Waals surface area contributed by atoms with Gasteiger partial charge in [0.25, 0.3) is 0 Å². The molecule has 0 bridgehead atoms. The van der Waals surface area contributed by atoms with Gasteiger partial charge >= 0.3 is 0 Å². The Morgan fingerprint density at radius 2 is 2.00 bits per heavy atom. The Balaban J connectivity index is 0.00000144. The Hall–Kier alpha value is -1.13. The first-order valence-electron chi connectivity index (χ1n) is 3.59. The van der Waals surface area contributed by atoms with Gasteiger partial charge in [0.05, 0.1) is 5.69 Å². The highest BCUT2D eigenvalue weighted by Crippen LogP contribution is 2.23. The van der Waals surface area contributed by atoms with E-state index in [-0.39, 0.29) is 12.4 Å². The second kappa shape index (κ2) is 4.79. The van der Waals surface area contributed by atoms with Gasteiger partial charge < -0.3 is 33.7 Å². The van der Waals surface area contributed by atoms with Crippen LogP contribution in [-0.2, 0) is 0 Å². The summed E-state index contributed by atoms with van der Waals surface area (Å²) in [5.74, 6) is 0.444. The Morgan fingerprint density at radius 1 is 1.38 bits per heavy atom. The molecule has 0 radical (unpaired) electrons. The van der Waals surface area contributed by atoms with Crippen LogP contribution < -0.4 is 28.6 Å². The molecule has 4 nitrogen and oxygen atoms in total. The summed E-state index contributed by atoms with van der Waals surface area (Å²) in [7, 11) is 0. The molecule has 1 rings (SSSR count). The maximum Gasteiger partial charge on any atom is 0.194 e. The summed E-state index contributed by atoms with van der Waals surface area (Å²) in [5.41, 5.74) is 12.0. The fourth-order valence-electron chi connectivity index (χ4n) is 0.858. The maximum atomic E-state index is 8.89. The van der Waals surface area contributed by atoms with Gasteiger partial charge in [-0.2, -0.15) is 0 Å². The summed E-state index contributed by atoms with van der Waals surface area (Å²) in [5, 5.41) is 8.89. The molecule has 0 aromatic heterocycles. The van der Waals surface area contributed by atoms with E-state index in [1.54, 1.807) is 18.2 Å². The number of benzene rings is 1. The van der Waals surface area contributed by atoms with E-state index in [2.05, 4.69) is 0 Å². The van der Waals surface area contributed by atoms with Crippen molar-refractivity contribution in [1.82, 2.24) is 0 Å². The lowest BCUT2D eigenvalue weighted by atomic mass is 10.2. The van der Waals surface area contributed by atoms with Gasteiger partial charge in [-0.15, -0.1) is 0 Å². The number of halogens is 1. The molecular weight excluding hydrogens is 192 g/mol. The van der Waals surface area contributed by atoms with Gasteiger partial charge in [0.1, 0.15) is 5.75 Å². The van der Waals surface area contributed by atoms with E-state index in [4.69, 9.17) is 21.3 Å².